The Bertz CT molecular complexity index is 968. The van der Waals surface area contributed by atoms with Gasteiger partial charge in [0.25, 0.3) is 5.91 Å². The molecule has 0 aliphatic rings. The third-order valence-electron chi connectivity index (χ3n) is 3.63. The van der Waals surface area contributed by atoms with Crippen LogP contribution in [0.25, 0.3) is 5.82 Å². The topological polar surface area (TPSA) is 112 Å². The Morgan fingerprint density at radius 1 is 1.19 bits per heavy atom. The van der Waals surface area contributed by atoms with E-state index in [2.05, 4.69) is 15.4 Å². The van der Waals surface area contributed by atoms with E-state index in [4.69, 9.17) is 10.5 Å². The minimum Gasteiger partial charge on any atom is -0.462 e. The molecule has 0 unspecified atom stereocenters. The number of nitrogen functional groups attached to an aromatic ring is 1. The van der Waals surface area contributed by atoms with Crippen molar-refractivity contribution in [3.05, 3.63) is 65.7 Å². The normalized spacial score (nSPS) is 10.4. The number of esters is 1. The van der Waals surface area contributed by atoms with Crippen LogP contribution in [0.2, 0.25) is 0 Å². The lowest BCUT2D eigenvalue weighted by Gasteiger charge is -2.07. The number of pyridine rings is 1. The fourth-order valence-corrected chi connectivity index (χ4v) is 2.29. The number of nitrogens with one attached hydrogen (secondary N) is 1. The maximum Gasteiger partial charge on any atom is 0.343 e. The number of nitrogens with zero attached hydrogens (tertiary/aromatic N) is 3. The average Bonchev–Trinajstić information content (AvgIpc) is 3.05. The Morgan fingerprint density at radius 3 is 2.56 bits per heavy atom. The summed E-state index contributed by atoms with van der Waals surface area (Å²) < 4.78 is 19.1. The highest BCUT2D eigenvalue weighted by atomic mass is 19.1. The lowest BCUT2D eigenvalue weighted by molar-refractivity contribution is 0.0527. The first kappa shape index (κ1) is 18.1. The summed E-state index contributed by atoms with van der Waals surface area (Å²) in [5.74, 6) is -0.943. The Labute approximate surface area is 153 Å². The van der Waals surface area contributed by atoms with E-state index in [1.807, 2.05) is 0 Å². The number of rotatable bonds is 5. The highest BCUT2D eigenvalue weighted by Crippen LogP contribution is 2.17. The molecule has 0 atom stereocenters. The molecule has 1 aromatic carbocycles. The van der Waals surface area contributed by atoms with E-state index < -0.39 is 17.7 Å². The van der Waals surface area contributed by atoms with Crippen molar-refractivity contribution in [2.45, 2.75) is 6.92 Å². The number of anilines is 2. The molecule has 138 valence electrons. The molecule has 0 aliphatic heterocycles. The summed E-state index contributed by atoms with van der Waals surface area (Å²) in [6.07, 6.45) is 2.64. The third-order valence-corrected chi connectivity index (χ3v) is 3.63. The van der Waals surface area contributed by atoms with Gasteiger partial charge < -0.3 is 15.8 Å². The molecule has 3 N–H and O–H groups in total. The standard InChI is InChI=1S/C18H16FN5O3/c1-2-27-18(26)14-10-22-24(16(14)20)15-8-3-11(9-21-15)17(25)23-13-6-4-12(19)5-7-13/h3-10H,2,20H2,1H3,(H,23,25). The summed E-state index contributed by atoms with van der Waals surface area (Å²) in [4.78, 5) is 28.2. The molecule has 0 saturated heterocycles. The summed E-state index contributed by atoms with van der Waals surface area (Å²) in [5.41, 5.74) is 6.81. The third kappa shape index (κ3) is 3.92. The highest BCUT2D eigenvalue weighted by molar-refractivity contribution is 6.04. The number of benzene rings is 1. The summed E-state index contributed by atoms with van der Waals surface area (Å²) in [6.45, 7) is 1.91. The van der Waals surface area contributed by atoms with Crippen molar-refractivity contribution in [3.8, 4) is 5.82 Å². The van der Waals surface area contributed by atoms with Crippen LogP contribution in [0.5, 0.6) is 0 Å². The molecule has 0 fully saturated rings. The Hall–Kier alpha value is -3.75. The van der Waals surface area contributed by atoms with Gasteiger partial charge in [-0.1, -0.05) is 0 Å². The van der Waals surface area contributed by atoms with Crippen molar-refractivity contribution in [2.75, 3.05) is 17.7 Å². The lowest BCUT2D eigenvalue weighted by Crippen LogP contribution is -2.13. The smallest absolute Gasteiger partial charge is 0.343 e. The fourth-order valence-electron chi connectivity index (χ4n) is 2.29. The molecule has 0 saturated carbocycles. The number of ether oxygens (including phenoxy) is 1. The molecule has 3 aromatic rings. The van der Waals surface area contributed by atoms with Crippen LogP contribution >= 0.6 is 0 Å². The van der Waals surface area contributed by atoms with E-state index >= 15 is 0 Å². The van der Waals surface area contributed by atoms with Crippen LogP contribution in [0.4, 0.5) is 15.9 Å². The minimum absolute atomic E-state index is 0.0875. The molecular weight excluding hydrogens is 353 g/mol. The van der Waals surface area contributed by atoms with Crippen molar-refractivity contribution in [1.82, 2.24) is 14.8 Å². The van der Waals surface area contributed by atoms with Crippen LogP contribution in [-0.4, -0.2) is 33.2 Å². The van der Waals surface area contributed by atoms with E-state index in [0.717, 1.165) is 0 Å². The number of halogens is 1. The van der Waals surface area contributed by atoms with Crippen LogP contribution in [0.1, 0.15) is 27.6 Å². The maximum atomic E-state index is 12.9. The van der Waals surface area contributed by atoms with Gasteiger partial charge in [0, 0.05) is 11.9 Å². The molecule has 0 bridgehead atoms. The van der Waals surface area contributed by atoms with Gasteiger partial charge in [-0.2, -0.15) is 9.78 Å². The van der Waals surface area contributed by atoms with Gasteiger partial charge in [0.15, 0.2) is 5.82 Å². The van der Waals surface area contributed by atoms with E-state index in [-0.39, 0.29) is 18.0 Å². The first-order valence-corrected chi connectivity index (χ1v) is 8.03. The van der Waals surface area contributed by atoms with E-state index in [1.165, 1.54) is 53.5 Å². The van der Waals surface area contributed by atoms with Crippen molar-refractivity contribution in [1.29, 1.82) is 0 Å². The number of amides is 1. The van der Waals surface area contributed by atoms with Crippen LogP contribution < -0.4 is 11.1 Å². The van der Waals surface area contributed by atoms with Crippen molar-refractivity contribution >= 4 is 23.4 Å². The van der Waals surface area contributed by atoms with E-state index in [1.54, 1.807) is 6.92 Å². The molecule has 9 heteroatoms. The van der Waals surface area contributed by atoms with Crippen molar-refractivity contribution in [3.63, 3.8) is 0 Å². The van der Waals surface area contributed by atoms with Gasteiger partial charge in [-0.3, -0.25) is 4.79 Å². The number of aromatic nitrogens is 3. The number of carbonyl (C=O) groups is 2. The van der Waals surface area contributed by atoms with Crippen LogP contribution in [-0.2, 0) is 4.74 Å². The molecule has 27 heavy (non-hydrogen) atoms. The summed E-state index contributed by atoms with van der Waals surface area (Å²) in [6, 6.07) is 8.48. The van der Waals surface area contributed by atoms with Gasteiger partial charge in [0.1, 0.15) is 17.2 Å². The molecular formula is C18H16FN5O3. The molecule has 1 amide bonds. The van der Waals surface area contributed by atoms with Gasteiger partial charge in [-0.05, 0) is 43.3 Å². The quantitative estimate of drug-likeness (QED) is 0.668. The van der Waals surface area contributed by atoms with Gasteiger partial charge in [0.05, 0.1) is 18.4 Å². The second-order valence-corrected chi connectivity index (χ2v) is 5.44. The zero-order valence-corrected chi connectivity index (χ0v) is 14.3. The van der Waals surface area contributed by atoms with Crippen molar-refractivity contribution in [2.24, 2.45) is 0 Å². The predicted octanol–water partition coefficient (Wildman–Crippen LogP) is 2.42. The molecule has 0 spiro atoms. The van der Waals surface area contributed by atoms with Crippen molar-refractivity contribution < 1.29 is 18.7 Å². The number of hydrogen-bond donors (Lipinski definition) is 2. The van der Waals surface area contributed by atoms with Gasteiger partial charge in [-0.15, -0.1) is 0 Å². The van der Waals surface area contributed by atoms with Crippen LogP contribution in [0, 0.1) is 5.82 Å². The molecule has 2 heterocycles. The second kappa shape index (κ2) is 7.65. The summed E-state index contributed by atoms with van der Waals surface area (Å²) in [5, 5.41) is 6.67. The van der Waals surface area contributed by atoms with Crippen LogP contribution in [0.15, 0.2) is 48.8 Å². The Balaban J connectivity index is 1.76. The molecule has 0 radical (unpaired) electrons. The minimum atomic E-state index is -0.573. The SMILES string of the molecule is CCOC(=O)c1cnn(-c2ccc(C(=O)Nc3ccc(F)cc3)cn2)c1N. The van der Waals surface area contributed by atoms with Gasteiger partial charge in [0.2, 0.25) is 0 Å². The average molecular weight is 369 g/mol. The second-order valence-electron chi connectivity index (χ2n) is 5.44. The zero-order chi connectivity index (χ0) is 19.4. The predicted molar refractivity (Wildman–Crippen MR) is 96.1 cm³/mol. The monoisotopic (exact) mass is 369 g/mol. The van der Waals surface area contributed by atoms with Gasteiger partial charge >= 0.3 is 5.97 Å². The summed E-state index contributed by atoms with van der Waals surface area (Å²) >= 11 is 0. The number of nitrogens with two attached hydrogens (primary N) is 1. The Kier molecular flexibility index (Phi) is 5.11. The first-order chi connectivity index (χ1) is 13.0. The molecule has 0 aliphatic carbocycles. The zero-order valence-electron chi connectivity index (χ0n) is 14.3. The Morgan fingerprint density at radius 2 is 1.93 bits per heavy atom. The first-order valence-electron chi connectivity index (χ1n) is 8.03. The van der Waals surface area contributed by atoms with E-state index in [0.29, 0.717) is 17.1 Å². The maximum absolute atomic E-state index is 12.9. The van der Waals surface area contributed by atoms with Crippen LogP contribution in [0.3, 0.4) is 0 Å². The lowest BCUT2D eigenvalue weighted by atomic mass is 10.2. The molecule has 8 nitrogen and oxygen atoms in total. The van der Waals surface area contributed by atoms with Gasteiger partial charge in [-0.25, -0.2) is 14.2 Å². The summed E-state index contributed by atoms with van der Waals surface area (Å²) in [7, 11) is 0. The van der Waals surface area contributed by atoms with E-state index in [9.17, 15) is 14.0 Å². The largest absolute Gasteiger partial charge is 0.462 e. The molecule has 2 aromatic heterocycles. The number of carbonyl (C=O) groups excluding carboxylic acids is 2. The highest BCUT2D eigenvalue weighted by Gasteiger charge is 2.18. The fraction of sp³-hybridized carbons (Fsp3) is 0.111. The number of hydrogen-bond acceptors (Lipinski definition) is 6. The molecule has 3 rings (SSSR count).